The predicted octanol–water partition coefficient (Wildman–Crippen LogP) is 1.51. The van der Waals surface area contributed by atoms with E-state index < -0.39 is 0 Å². The molecule has 0 saturated carbocycles. The summed E-state index contributed by atoms with van der Waals surface area (Å²) in [5.74, 6) is 0.330. The average Bonchev–Trinajstić information content (AvgIpc) is 3.03. The van der Waals surface area contributed by atoms with Crippen molar-refractivity contribution in [2.45, 2.75) is 0 Å². The molecular weight excluding hydrogens is 256 g/mol. The summed E-state index contributed by atoms with van der Waals surface area (Å²) >= 11 is 0. The molecule has 0 fully saturated rings. The maximum atomic E-state index is 11.9. The van der Waals surface area contributed by atoms with Crippen LogP contribution in [0.15, 0.2) is 48.8 Å². The largest absolute Gasteiger partial charge is 0.322 e. The van der Waals surface area contributed by atoms with Crippen molar-refractivity contribution < 1.29 is 4.79 Å². The van der Waals surface area contributed by atoms with Crippen molar-refractivity contribution in [1.82, 2.24) is 25.6 Å². The molecule has 0 unspecified atom stereocenters. The van der Waals surface area contributed by atoms with Gasteiger partial charge in [0.05, 0.1) is 0 Å². The van der Waals surface area contributed by atoms with E-state index in [-0.39, 0.29) is 5.91 Å². The fourth-order valence-corrected chi connectivity index (χ4v) is 1.69. The van der Waals surface area contributed by atoms with Crippen LogP contribution in [0, 0.1) is 0 Å². The van der Waals surface area contributed by atoms with Crippen LogP contribution < -0.4 is 5.32 Å². The molecule has 1 aromatic carbocycles. The van der Waals surface area contributed by atoms with Gasteiger partial charge in [0.15, 0.2) is 0 Å². The van der Waals surface area contributed by atoms with Crippen LogP contribution in [0.2, 0.25) is 0 Å². The van der Waals surface area contributed by atoms with E-state index in [1.807, 2.05) is 12.1 Å². The lowest BCUT2D eigenvalue weighted by atomic mass is 10.2. The molecule has 0 aliphatic carbocycles. The van der Waals surface area contributed by atoms with Gasteiger partial charge in [-0.05, 0) is 41.6 Å². The first kappa shape index (κ1) is 12.0. The molecule has 2 aromatic heterocycles. The molecule has 0 saturated heterocycles. The van der Waals surface area contributed by atoms with Crippen LogP contribution in [0.5, 0.6) is 0 Å². The number of hydrogen-bond acceptors (Lipinski definition) is 5. The summed E-state index contributed by atoms with van der Waals surface area (Å²) in [4.78, 5) is 15.8. The number of nitrogens with one attached hydrogen (secondary N) is 2. The van der Waals surface area contributed by atoms with Crippen LogP contribution in [0.3, 0.4) is 0 Å². The third-order valence-corrected chi connectivity index (χ3v) is 2.69. The van der Waals surface area contributed by atoms with Crippen LogP contribution >= 0.6 is 0 Å². The Bertz CT molecular complexity index is 693. The van der Waals surface area contributed by atoms with E-state index in [1.165, 1.54) is 0 Å². The first-order chi connectivity index (χ1) is 9.83. The predicted molar refractivity (Wildman–Crippen MR) is 71.8 cm³/mol. The lowest BCUT2D eigenvalue weighted by Crippen LogP contribution is -2.11. The number of amides is 1. The highest BCUT2D eigenvalue weighted by atomic mass is 16.1. The van der Waals surface area contributed by atoms with E-state index in [1.54, 1.807) is 36.7 Å². The topological polar surface area (TPSA) is 96.5 Å². The van der Waals surface area contributed by atoms with Gasteiger partial charge in [0.25, 0.3) is 5.91 Å². The van der Waals surface area contributed by atoms with E-state index in [4.69, 9.17) is 0 Å². The van der Waals surface area contributed by atoms with Gasteiger partial charge in [-0.15, -0.1) is 10.2 Å². The standard InChI is InChI=1S/C13H10N6O/c20-13(10-5-7-14-8-6-10)15-11-3-1-9(2-4-11)12-16-18-19-17-12/h1-8H,(H,15,20)(H,16,17,18,19). The Labute approximate surface area is 114 Å². The molecule has 7 nitrogen and oxygen atoms in total. The van der Waals surface area contributed by atoms with Crippen LogP contribution in [0.1, 0.15) is 10.4 Å². The Balaban J connectivity index is 1.74. The molecular formula is C13H10N6O. The summed E-state index contributed by atoms with van der Waals surface area (Å²) in [7, 11) is 0. The van der Waals surface area contributed by atoms with Crippen LogP contribution in [-0.2, 0) is 0 Å². The van der Waals surface area contributed by atoms with Gasteiger partial charge in [-0.3, -0.25) is 9.78 Å². The minimum atomic E-state index is -0.181. The fraction of sp³-hybridized carbons (Fsp3) is 0. The summed E-state index contributed by atoms with van der Waals surface area (Å²) in [5, 5.41) is 16.5. The summed E-state index contributed by atoms with van der Waals surface area (Å²) < 4.78 is 0. The monoisotopic (exact) mass is 266 g/mol. The molecule has 0 spiro atoms. The van der Waals surface area contributed by atoms with Crippen molar-refractivity contribution in [1.29, 1.82) is 0 Å². The zero-order valence-corrected chi connectivity index (χ0v) is 10.3. The Hall–Kier alpha value is -3.09. The maximum absolute atomic E-state index is 11.9. The number of H-pyrrole nitrogens is 1. The molecule has 7 heteroatoms. The van der Waals surface area contributed by atoms with Gasteiger partial charge in [0.1, 0.15) is 0 Å². The molecule has 2 heterocycles. The second-order valence-electron chi connectivity index (χ2n) is 4.00. The lowest BCUT2D eigenvalue weighted by molar-refractivity contribution is 0.102. The van der Waals surface area contributed by atoms with Gasteiger partial charge < -0.3 is 5.32 Å². The highest BCUT2D eigenvalue weighted by molar-refractivity contribution is 6.04. The SMILES string of the molecule is O=C(Nc1ccc(-c2nn[nH]n2)cc1)c1ccncc1. The number of aromatic nitrogens is 5. The van der Waals surface area contributed by atoms with Crippen LogP contribution in [0.4, 0.5) is 5.69 Å². The molecule has 3 rings (SSSR count). The molecule has 3 aromatic rings. The number of carbonyl (C=O) groups excluding carboxylic acids is 1. The zero-order chi connectivity index (χ0) is 13.8. The normalized spacial score (nSPS) is 10.2. The smallest absolute Gasteiger partial charge is 0.255 e. The van der Waals surface area contributed by atoms with E-state index in [0.29, 0.717) is 17.1 Å². The van der Waals surface area contributed by atoms with Crippen molar-refractivity contribution in [2.75, 3.05) is 5.32 Å². The van der Waals surface area contributed by atoms with Gasteiger partial charge in [-0.25, -0.2) is 0 Å². The molecule has 2 N–H and O–H groups in total. The maximum Gasteiger partial charge on any atom is 0.255 e. The number of anilines is 1. The Kier molecular flexibility index (Phi) is 3.15. The fourth-order valence-electron chi connectivity index (χ4n) is 1.69. The molecule has 0 atom stereocenters. The summed E-state index contributed by atoms with van der Waals surface area (Å²) in [5.41, 5.74) is 2.07. The molecule has 0 aliphatic heterocycles. The average molecular weight is 266 g/mol. The third-order valence-electron chi connectivity index (χ3n) is 2.69. The van der Waals surface area contributed by atoms with Gasteiger partial charge in [-0.1, -0.05) is 0 Å². The Morgan fingerprint density at radius 1 is 1.05 bits per heavy atom. The number of tetrazole rings is 1. The van der Waals surface area contributed by atoms with Crippen molar-refractivity contribution >= 4 is 11.6 Å². The molecule has 1 amide bonds. The quantitative estimate of drug-likeness (QED) is 0.749. The van der Waals surface area contributed by atoms with Crippen molar-refractivity contribution in [2.24, 2.45) is 0 Å². The molecule has 0 aliphatic rings. The van der Waals surface area contributed by atoms with Crippen LogP contribution in [-0.4, -0.2) is 31.5 Å². The zero-order valence-electron chi connectivity index (χ0n) is 10.3. The van der Waals surface area contributed by atoms with Gasteiger partial charge >= 0.3 is 0 Å². The first-order valence-electron chi connectivity index (χ1n) is 5.88. The number of benzene rings is 1. The Morgan fingerprint density at radius 3 is 2.45 bits per heavy atom. The lowest BCUT2D eigenvalue weighted by Gasteiger charge is -2.05. The minimum Gasteiger partial charge on any atom is -0.322 e. The van der Waals surface area contributed by atoms with Crippen molar-refractivity contribution in [3.63, 3.8) is 0 Å². The van der Waals surface area contributed by atoms with E-state index in [2.05, 4.69) is 30.9 Å². The molecule has 98 valence electrons. The number of nitrogens with zero attached hydrogens (tertiary/aromatic N) is 4. The number of rotatable bonds is 3. The second kappa shape index (κ2) is 5.27. The van der Waals surface area contributed by atoms with Gasteiger partial charge in [0, 0.05) is 29.2 Å². The van der Waals surface area contributed by atoms with E-state index in [0.717, 1.165) is 5.56 Å². The van der Waals surface area contributed by atoms with Crippen molar-refractivity contribution in [3.05, 3.63) is 54.4 Å². The number of pyridine rings is 1. The highest BCUT2D eigenvalue weighted by Crippen LogP contribution is 2.17. The number of carbonyl (C=O) groups is 1. The summed E-state index contributed by atoms with van der Waals surface area (Å²) in [6.45, 7) is 0. The van der Waals surface area contributed by atoms with Gasteiger partial charge in [0.2, 0.25) is 5.82 Å². The Morgan fingerprint density at radius 2 is 1.80 bits per heavy atom. The minimum absolute atomic E-state index is 0.181. The van der Waals surface area contributed by atoms with Crippen molar-refractivity contribution in [3.8, 4) is 11.4 Å². The van der Waals surface area contributed by atoms with E-state index in [9.17, 15) is 4.79 Å². The summed E-state index contributed by atoms with van der Waals surface area (Å²) in [6.07, 6.45) is 3.16. The van der Waals surface area contributed by atoms with Crippen LogP contribution in [0.25, 0.3) is 11.4 Å². The molecule has 0 radical (unpaired) electrons. The highest BCUT2D eigenvalue weighted by Gasteiger charge is 2.06. The third kappa shape index (κ3) is 2.51. The summed E-state index contributed by atoms with van der Waals surface area (Å²) in [6, 6.07) is 10.5. The number of aromatic amines is 1. The van der Waals surface area contributed by atoms with E-state index >= 15 is 0 Å². The first-order valence-corrected chi connectivity index (χ1v) is 5.88. The van der Waals surface area contributed by atoms with Gasteiger partial charge in [-0.2, -0.15) is 5.21 Å². The second-order valence-corrected chi connectivity index (χ2v) is 4.00. The molecule has 20 heavy (non-hydrogen) atoms. The number of hydrogen-bond donors (Lipinski definition) is 2. The molecule has 0 bridgehead atoms.